The van der Waals surface area contributed by atoms with Gasteiger partial charge in [0, 0.05) is 17.5 Å². The molecule has 1 aromatic heterocycles. The molecule has 1 fully saturated rings. The van der Waals surface area contributed by atoms with Crippen molar-refractivity contribution in [2.75, 3.05) is 6.54 Å². The number of thiophene rings is 1. The predicted molar refractivity (Wildman–Crippen MR) is 73.1 cm³/mol. The Hall–Kier alpha value is -1.18. The summed E-state index contributed by atoms with van der Waals surface area (Å²) in [5, 5.41) is 8.94. The van der Waals surface area contributed by atoms with Gasteiger partial charge in [-0.3, -0.25) is 0 Å². The van der Waals surface area contributed by atoms with Crippen LogP contribution in [0.1, 0.15) is 27.4 Å². The van der Waals surface area contributed by atoms with Crippen LogP contribution < -0.4 is 0 Å². The van der Waals surface area contributed by atoms with Crippen LogP contribution in [0.2, 0.25) is 0 Å². The molecule has 1 saturated carbocycles. The third kappa shape index (κ3) is 2.72. The second-order valence-electron chi connectivity index (χ2n) is 4.43. The summed E-state index contributed by atoms with van der Waals surface area (Å²) in [6.07, 6.45) is 3.25. The summed E-state index contributed by atoms with van der Waals surface area (Å²) in [7, 11) is -3.63. The van der Waals surface area contributed by atoms with Crippen LogP contribution in [-0.2, 0) is 10.0 Å². The zero-order chi connectivity index (χ0) is 14.2. The van der Waals surface area contributed by atoms with E-state index in [1.54, 1.807) is 13.0 Å². The fourth-order valence-corrected chi connectivity index (χ4v) is 4.94. The zero-order valence-corrected chi connectivity index (χ0v) is 12.1. The van der Waals surface area contributed by atoms with Gasteiger partial charge >= 0.3 is 5.97 Å². The SMILES string of the molecule is C=CCN(C1CC1)S(=O)(=O)c1cc(C(=O)O)sc1C. The van der Waals surface area contributed by atoms with Crippen molar-refractivity contribution < 1.29 is 18.3 Å². The van der Waals surface area contributed by atoms with Crippen LogP contribution >= 0.6 is 11.3 Å². The van der Waals surface area contributed by atoms with Gasteiger partial charge in [0.15, 0.2) is 0 Å². The normalized spacial score (nSPS) is 15.7. The molecule has 0 bridgehead atoms. The van der Waals surface area contributed by atoms with Gasteiger partial charge in [0.05, 0.1) is 4.90 Å². The van der Waals surface area contributed by atoms with Gasteiger partial charge in [-0.2, -0.15) is 4.31 Å². The maximum Gasteiger partial charge on any atom is 0.345 e. The van der Waals surface area contributed by atoms with E-state index < -0.39 is 16.0 Å². The van der Waals surface area contributed by atoms with Gasteiger partial charge in [0.2, 0.25) is 10.0 Å². The first-order valence-electron chi connectivity index (χ1n) is 5.84. The van der Waals surface area contributed by atoms with Crippen LogP contribution in [-0.4, -0.2) is 36.4 Å². The van der Waals surface area contributed by atoms with E-state index in [2.05, 4.69) is 6.58 Å². The van der Waals surface area contributed by atoms with Gasteiger partial charge < -0.3 is 5.11 Å². The molecular weight excluding hydrogens is 286 g/mol. The fourth-order valence-electron chi connectivity index (χ4n) is 1.89. The highest BCUT2D eigenvalue weighted by atomic mass is 32.2. The molecule has 2 rings (SSSR count). The topological polar surface area (TPSA) is 74.7 Å². The van der Waals surface area contributed by atoms with Gasteiger partial charge in [-0.05, 0) is 25.8 Å². The van der Waals surface area contributed by atoms with E-state index in [-0.39, 0.29) is 22.4 Å². The minimum Gasteiger partial charge on any atom is -0.477 e. The fraction of sp³-hybridized carbons (Fsp3) is 0.417. The lowest BCUT2D eigenvalue weighted by molar-refractivity contribution is 0.0702. The molecule has 1 aliphatic rings. The lowest BCUT2D eigenvalue weighted by Crippen LogP contribution is -2.33. The van der Waals surface area contributed by atoms with E-state index in [9.17, 15) is 13.2 Å². The van der Waals surface area contributed by atoms with Crippen LogP contribution in [0.25, 0.3) is 0 Å². The molecular formula is C12H15NO4S2. The van der Waals surface area contributed by atoms with Crippen molar-refractivity contribution in [2.45, 2.75) is 30.7 Å². The molecule has 0 saturated heterocycles. The smallest absolute Gasteiger partial charge is 0.345 e. The number of rotatable bonds is 6. The summed E-state index contributed by atoms with van der Waals surface area (Å²) < 4.78 is 26.5. The predicted octanol–water partition coefficient (Wildman–Crippen LogP) is 2.09. The number of carboxylic acid groups (broad SMARTS) is 1. The molecule has 19 heavy (non-hydrogen) atoms. The zero-order valence-electron chi connectivity index (χ0n) is 10.5. The van der Waals surface area contributed by atoms with Gasteiger partial charge in [-0.25, -0.2) is 13.2 Å². The van der Waals surface area contributed by atoms with Crippen molar-refractivity contribution in [3.8, 4) is 0 Å². The first-order valence-corrected chi connectivity index (χ1v) is 8.10. The number of carbonyl (C=O) groups is 1. The molecule has 1 N–H and O–H groups in total. The summed E-state index contributed by atoms with van der Waals surface area (Å²) >= 11 is 0.986. The molecule has 0 aliphatic heterocycles. The van der Waals surface area contributed by atoms with E-state index in [0.29, 0.717) is 4.88 Å². The second kappa shape index (κ2) is 5.07. The molecule has 0 amide bonds. The van der Waals surface area contributed by atoms with Crippen molar-refractivity contribution in [3.05, 3.63) is 28.5 Å². The first-order chi connectivity index (χ1) is 8.87. The Morgan fingerprint density at radius 1 is 1.63 bits per heavy atom. The van der Waals surface area contributed by atoms with Crippen LogP contribution in [0.15, 0.2) is 23.6 Å². The number of sulfonamides is 1. The maximum atomic E-state index is 12.6. The molecule has 5 nitrogen and oxygen atoms in total. The van der Waals surface area contributed by atoms with Gasteiger partial charge in [-0.15, -0.1) is 17.9 Å². The summed E-state index contributed by atoms with van der Waals surface area (Å²) in [6, 6.07) is 1.27. The van der Waals surface area contributed by atoms with Crippen molar-refractivity contribution in [1.82, 2.24) is 4.31 Å². The monoisotopic (exact) mass is 301 g/mol. The van der Waals surface area contributed by atoms with E-state index in [0.717, 1.165) is 24.2 Å². The Labute approximate surface area is 116 Å². The van der Waals surface area contributed by atoms with Crippen molar-refractivity contribution >= 4 is 27.3 Å². The quantitative estimate of drug-likeness (QED) is 0.816. The number of aryl methyl sites for hydroxylation is 1. The van der Waals surface area contributed by atoms with Gasteiger partial charge in [-0.1, -0.05) is 6.08 Å². The van der Waals surface area contributed by atoms with Gasteiger partial charge in [0.25, 0.3) is 0 Å². The molecule has 104 valence electrons. The molecule has 1 aromatic rings. The highest BCUT2D eigenvalue weighted by molar-refractivity contribution is 7.89. The van der Waals surface area contributed by atoms with E-state index >= 15 is 0 Å². The van der Waals surface area contributed by atoms with Gasteiger partial charge in [0.1, 0.15) is 4.88 Å². The number of hydrogen-bond acceptors (Lipinski definition) is 4. The molecule has 0 radical (unpaired) electrons. The first kappa shape index (κ1) is 14.2. The van der Waals surface area contributed by atoms with Crippen molar-refractivity contribution in [3.63, 3.8) is 0 Å². The summed E-state index contributed by atoms with van der Waals surface area (Å²) in [5.41, 5.74) is 0. The van der Waals surface area contributed by atoms with Crippen molar-refractivity contribution in [2.24, 2.45) is 0 Å². The number of aromatic carboxylic acids is 1. The average molecular weight is 301 g/mol. The molecule has 0 unspecified atom stereocenters. The molecule has 1 aliphatic carbocycles. The van der Waals surface area contributed by atoms with E-state index in [4.69, 9.17) is 5.11 Å². The Bertz CT molecular complexity index is 614. The van der Waals surface area contributed by atoms with E-state index in [1.807, 2.05) is 0 Å². The second-order valence-corrected chi connectivity index (χ2v) is 7.55. The van der Waals surface area contributed by atoms with E-state index in [1.165, 1.54) is 10.4 Å². The summed E-state index contributed by atoms with van der Waals surface area (Å²) in [4.78, 5) is 11.6. The standard InChI is InChI=1S/C12H15NO4S2/c1-3-6-13(9-4-5-9)19(16,17)11-7-10(12(14)15)18-8(11)2/h3,7,9H,1,4-6H2,2H3,(H,14,15). The Morgan fingerprint density at radius 2 is 2.26 bits per heavy atom. The maximum absolute atomic E-state index is 12.6. The Balaban J connectivity index is 2.42. The molecule has 0 spiro atoms. The highest BCUT2D eigenvalue weighted by Gasteiger charge is 2.38. The molecule has 0 atom stereocenters. The van der Waals surface area contributed by atoms with Crippen LogP contribution in [0.5, 0.6) is 0 Å². The summed E-state index contributed by atoms with van der Waals surface area (Å²) in [5.74, 6) is -1.10. The Morgan fingerprint density at radius 3 is 2.68 bits per heavy atom. The third-order valence-corrected chi connectivity index (χ3v) is 6.15. The lowest BCUT2D eigenvalue weighted by Gasteiger charge is -2.19. The number of hydrogen-bond donors (Lipinski definition) is 1. The van der Waals surface area contributed by atoms with Crippen molar-refractivity contribution in [1.29, 1.82) is 0 Å². The molecule has 1 heterocycles. The molecule has 0 aromatic carbocycles. The number of carboxylic acids is 1. The minimum absolute atomic E-state index is 0.0237. The summed E-state index contributed by atoms with van der Waals surface area (Å²) in [6.45, 7) is 5.46. The minimum atomic E-state index is -3.63. The molecule has 7 heteroatoms. The van der Waals surface area contributed by atoms with Crippen LogP contribution in [0, 0.1) is 6.92 Å². The average Bonchev–Trinajstić information content (AvgIpc) is 3.07. The number of nitrogens with zero attached hydrogens (tertiary/aromatic N) is 1. The lowest BCUT2D eigenvalue weighted by atomic mass is 10.4. The Kier molecular flexibility index (Phi) is 3.80. The van der Waals surface area contributed by atoms with Crippen LogP contribution in [0.4, 0.5) is 0 Å². The highest BCUT2D eigenvalue weighted by Crippen LogP contribution is 2.35. The third-order valence-electron chi connectivity index (χ3n) is 2.93. The largest absolute Gasteiger partial charge is 0.477 e. The van der Waals surface area contributed by atoms with Crippen LogP contribution in [0.3, 0.4) is 0 Å².